The number of hydrogen-bond acceptors (Lipinski definition) is 8. The molecule has 31 heavy (non-hydrogen) atoms. The first kappa shape index (κ1) is 22.7. The fourth-order valence-corrected chi connectivity index (χ4v) is 3.24. The van der Waals surface area contributed by atoms with Crippen LogP contribution in [0.1, 0.15) is 28.5 Å². The van der Waals surface area contributed by atoms with Crippen molar-refractivity contribution in [3.63, 3.8) is 0 Å². The molecule has 1 aromatic heterocycles. The van der Waals surface area contributed by atoms with Gasteiger partial charge in [-0.1, -0.05) is 5.16 Å². The highest BCUT2D eigenvalue weighted by Crippen LogP contribution is 2.16. The SMILES string of the molecule is COCCCNC(=O)CN1CCN(C(=O)c2ccc(OCc3noc(C)n3)cc2)CC1. The van der Waals surface area contributed by atoms with E-state index in [0.29, 0.717) is 68.9 Å². The summed E-state index contributed by atoms with van der Waals surface area (Å²) in [7, 11) is 1.64. The fraction of sp³-hybridized carbons (Fsp3) is 0.524. The third kappa shape index (κ3) is 7.04. The number of carbonyl (C=O) groups is 2. The molecule has 0 spiro atoms. The molecule has 1 saturated heterocycles. The standard InChI is InChI=1S/C21H29N5O5/c1-16-23-19(24-31-16)15-30-18-6-4-17(5-7-18)21(28)26-11-9-25(10-12-26)14-20(27)22-8-3-13-29-2/h4-7H,3,8-15H2,1-2H3,(H,22,27). The molecule has 1 aliphatic rings. The zero-order valence-electron chi connectivity index (χ0n) is 18.0. The highest BCUT2D eigenvalue weighted by Gasteiger charge is 2.23. The van der Waals surface area contributed by atoms with Crippen LogP contribution < -0.4 is 10.1 Å². The zero-order valence-corrected chi connectivity index (χ0v) is 18.0. The Morgan fingerprint density at radius 1 is 1.16 bits per heavy atom. The average molecular weight is 431 g/mol. The first-order chi connectivity index (χ1) is 15.0. The molecule has 10 heteroatoms. The molecule has 1 N–H and O–H groups in total. The number of ether oxygens (including phenoxy) is 2. The molecule has 2 heterocycles. The van der Waals surface area contributed by atoms with Crippen molar-refractivity contribution in [2.45, 2.75) is 20.0 Å². The predicted octanol–water partition coefficient (Wildman–Crippen LogP) is 0.868. The second kappa shape index (κ2) is 11.4. The fourth-order valence-electron chi connectivity index (χ4n) is 3.24. The normalized spacial score (nSPS) is 14.5. The molecule has 0 radical (unpaired) electrons. The largest absolute Gasteiger partial charge is 0.485 e. The topological polar surface area (TPSA) is 110 Å². The van der Waals surface area contributed by atoms with E-state index in [1.807, 2.05) is 4.90 Å². The van der Waals surface area contributed by atoms with Crippen LogP contribution in [0, 0.1) is 6.92 Å². The van der Waals surface area contributed by atoms with Crippen molar-refractivity contribution in [3.05, 3.63) is 41.5 Å². The summed E-state index contributed by atoms with van der Waals surface area (Å²) in [5, 5.41) is 6.66. The van der Waals surface area contributed by atoms with Gasteiger partial charge in [0.2, 0.25) is 17.6 Å². The van der Waals surface area contributed by atoms with Crippen molar-refractivity contribution < 1.29 is 23.6 Å². The van der Waals surface area contributed by atoms with Crippen LogP contribution >= 0.6 is 0 Å². The number of hydrogen-bond donors (Lipinski definition) is 1. The van der Waals surface area contributed by atoms with Crippen molar-refractivity contribution >= 4 is 11.8 Å². The number of aryl methyl sites for hydroxylation is 1. The van der Waals surface area contributed by atoms with E-state index in [1.54, 1.807) is 38.3 Å². The van der Waals surface area contributed by atoms with Gasteiger partial charge in [-0.15, -0.1) is 0 Å². The molecule has 0 aliphatic carbocycles. The van der Waals surface area contributed by atoms with Crippen LogP contribution in [0.4, 0.5) is 0 Å². The summed E-state index contributed by atoms with van der Waals surface area (Å²) in [5.74, 6) is 1.56. The van der Waals surface area contributed by atoms with Crippen molar-refractivity contribution in [1.29, 1.82) is 0 Å². The van der Waals surface area contributed by atoms with Crippen LogP contribution in [-0.4, -0.2) is 84.7 Å². The van der Waals surface area contributed by atoms with Gasteiger partial charge in [0.25, 0.3) is 5.91 Å². The minimum absolute atomic E-state index is 0.00227. The number of carbonyl (C=O) groups excluding carboxylic acids is 2. The molecule has 168 valence electrons. The molecule has 3 rings (SSSR count). The summed E-state index contributed by atoms with van der Waals surface area (Å²) in [6.45, 7) is 6.03. The van der Waals surface area contributed by atoms with Crippen molar-refractivity contribution in [2.75, 3.05) is 53.0 Å². The second-order valence-electron chi connectivity index (χ2n) is 7.31. The third-order valence-electron chi connectivity index (χ3n) is 4.91. The second-order valence-corrected chi connectivity index (χ2v) is 7.31. The van der Waals surface area contributed by atoms with Crippen molar-refractivity contribution in [3.8, 4) is 5.75 Å². The Morgan fingerprint density at radius 3 is 2.55 bits per heavy atom. The Morgan fingerprint density at radius 2 is 1.90 bits per heavy atom. The molecule has 1 fully saturated rings. The lowest BCUT2D eigenvalue weighted by molar-refractivity contribution is -0.122. The van der Waals surface area contributed by atoms with Gasteiger partial charge in [0, 0.05) is 58.9 Å². The number of methoxy groups -OCH3 is 1. The summed E-state index contributed by atoms with van der Waals surface area (Å²) in [5.41, 5.74) is 0.604. The smallest absolute Gasteiger partial charge is 0.253 e. The average Bonchev–Trinajstić information content (AvgIpc) is 3.21. The van der Waals surface area contributed by atoms with Crippen LogP contribution in [0.3, 0.4) is 0 Å². The number of nitrogens with zero attached hydrogens (tertiary/aromatic N) is 4. The van der Waals surface area contributed by atoms with Crippen molar-refractivity contribution in [2.24, 2.45) is 0 Å². The summed E-state index contributed by atoms with van der Waals surface area (Å²) < 4.78 is 15.5. The lowest BCUT2D eigenvalue weighted by Crippen LogP contribution is -2.51. The van der Waals surface area contributed by atoms with Crippen LogP contribution in [0.5, 0.6) is 5.75 Å². The number of piperazine rings is 1. The van der Waals surface area contributed by atoms with E-state index in [9.17, 15) is 9.59 Å². The van der Waals surface area contributed by atoms with Gasteiger partial charge in [0.1, 0.15) is 5.75 Å². The Balaban J connectivity index is 1.40. The molecule has 1 aliphatic heterocycles. The van der Waals surface area contributed by atoms with E-state index in [1.165, 1.54) is 0 Å². The van der Waals surface area contributed by atoms with Crippen LogP contribution in [0.15, 0.2) is 28.8 Å². The highest BCUT2D eigenvalue weighted by molar-refractivity contribution is 5.94. The molecule has 2 amide bonds. The molecule has 0 unspecified atom stereocenters. The van der Waals surface area contributed by atoms with Gasteiger partial charge in [0.05, 0.1) is 6.54 Å². The van der Waals surface area contributed by atoms with Gasteiger partial charge in [-0.3, -0.25) is 14.5 Å². The molecule has 1 aromatic carbocycles. The third-order valence-corrected chi connectivity index (χ3v) is 4.91. The van der Waals surface area contributed by atoms with E-state index in [-0.39, 0.29) is 18.4 Å². The van der Waals surface area contributed by atoms with E-state index in [0.717, 1.165) is 6.42 Å². The summed E-state index contributed by atoms with van der Waals surface area (Å²) in [6, 6.07) is 7.01. The van der Waals surface area contributed by atoms with Crippen LogP contribution in [0.2, 0.25) is 0 Å². The maximum atomic E-state index is 12.8. The van der Waals surface area contributed by atoms with Gasteiger partial charge in [-0.05, 0) is 30.7 Å². The van der Waals surface area contributed by atoms with Gasteiger partial charge in [0.15, 0.2) is 6.61 Å². The van der Waals surface area contributed by atoms with Gasteiger partial charge < -0.3 is 24.2 Å². The van der Waals surface area contributed by atoms with E-state index >= 15 is 0 Å². The molecule has 10 nitrogen and oxygen atoms in total. The van der Waals surface area contributed by atoms with Gasteiger partial charge in [-0.2, -0.15) is 4.98 Å². The Labute approximate surface area is 181 Å². The lowest BCUT2D eigenvalue weighted by atomic mass is 10.1. The Bertz CT molecular complexity index is 846. The highest BCUT2D eigenvalue weighted by atomic mass is 16.5. The zero-order chi connectivity index (χ0) is 22.1. The number of aromatic nitrogens is 2. The number of nitrogens with one attached hydrogen (secondary N) is 1. The Hall–Kier alpha value is -2.98. The first-order valence-electron chi connectivity index (χ1n) is 10.3. The van der Waals surface area contributed by atoms with Gasteiger partial charge >= 0.3 is 0 Å². The molecule has 0 bridgehead atoms. The maximum Gasteiger partial charge on any atom is 0.253 e. The summed E-state index contributed by atoms with van der Waals surface area (Å²) in [4.78, 5) is 32.7. The predicted molar refractivity (Wildman–Crippen MR) is 112 cm³/mol. The molecular formula is C21H29N5O5. The lowest BCUT2D eigenvalue weighted by Gasteiger charge is -2.34. The Kier molecular flexibility index (Phi) is 8.36. The van der Waals surface area contributed by atoms with Crippen molar-refractivity contribution in [1.82, 2.24) is 25.3 Å². The van der Waals surface area contributed by atoms with Crippen LogP contribution in [-0.2, 0) is 16.1 Å². The van der Waals surface area contributed by atoms with E-state index in [2.05, 4.69) is 20.4 Å². The summed E-state index contributed by atoms with van der Waals surface area (Å²) in [6.07, 6.45) is 0.797. The first-order valence-corrected chi connectivity index (χ1v) is 10.3. The molecule has 0 atom stereocenters. The minimum Gasteiger partial charge on any atom is -0.485 e. The minimum atomic E-state index is -0.0241. The van der Waals surface area contributed by atoms with E-state index < -0.39 is 0 Å². The molecule has 0 saturated carbocycles. The van der Waals surface area contributed by atoms with Gasteiger partial charge in [-0.25, -0.2) is 0 Å². The monoisotopic (exact) mass is 431 g/mol. The number of benzene rings is 1. The number of rotatable bonds is 10. The molecule has 2 aromatic rings. The molecular weight excluding hydrogens is 402 g/mol. The maximum absolute atomic E-state index is 12.8. The van der Waals surface area contributed by atoms with E-state index in [4.69, 9.17) is 14.0 Å². The number of amides is 2. The van der Waals surface area contributed by atoms with Crippen LogP contribution in [0.25, 0.3) is 0 Å². The quantitative estimate of drug-likeness (QED) is 0.552. The summed E-state index contributed by atoms with van der Waals surface area (Å²) >= 11 is 0.